The van der Waals surface area contributed by atoms with E-state index in [1.165, 1.54) is 8.66 Å². The predicted octanol–water partition coefficient (Wildman–Crippen LogP) is 4.50. The van der Waals surface area contributed by atoms with Crippen LogP contribution in [0.15, 0.2) is 27.1 Å². The van der Waals surface area contributed by atoms with Crippen LogP contribution in [0.3, 0.4) is 0 Å². The Bertz CT molecular complexity index is 574. The molecule has 21 heavy (non-hydrogen) atoms. The second-order valence-electron chi connectivity index (χ2n) is 4.43. The molecule has 0 aromatic carbocycles. The Morgan fingerprint density at radius 1 is 1.19 bits per heavy atom. The van der Waals surface area contributed by atoms with Crippen LogP contribution in [0.5, 0.6) is 0 Å². The molecular weight excluding hydrogens is 368 g/mol. The van der Waals surface area contributed by atoms with Gasteiger partial charge in [0.1, 0.15) is 11.6 Å². The van der Waals surface area contributed by atoms with Crippen LogP contribution in [0.1, 0.15) is 18.2 Å². The van der Waals surface area contributed by atoms with Crippen molar-refractivity contribution in [3.05, 3.63) is 26.9 Å². The fourth-order valence-corrected chi connectivity index (χ4v) is 3.61. The molecule has 0 saturated carbocycles. The molecule has 2 rings (SSSR count). The molecule has 7 heteroatoms. The second kappa shape index (κ2) is 8.60. The van der Waals surface area contributed by atoms with E-state index >= 15 is 0 Å². The number of thiophene rings is 1. The van der Waals surface area contributed by atoms with Crippen molar-refractivity contribution < 1.29 is 0 Å². The third kappa shape index (κ3) is 5.48. The van der Waals surface area contributed by atoms with Gasteiger partial charge in [-0.05, 0) is 47.2 Å². The predicted molar refractivity (Wildman–Crippen MR) is 96.8 cm³/mol. The van der Waals surface area contributed by atoms with Gasteiger partial charge in [0.15, 0.2) is 5.16 Å². The number of rotatable bonds is 8. The lowest BCUT2D eigenvalue weighted by molar-refractivity contribution is 0.918. The number of hydrogen-bond donors (Lipinski definition) is 2. The Kier molecular flexibility index (Phi) is 6.79. The second-order valence-corrected chi connectivity index (χ2v) is 7.76. The number of halogens is 1. The lowest BCUT2D eigenvalue weighted by Crippen LogP contribution is -2.09. The average Bonchev–Trinajstić information content (AvgIpc) is 2.90. The molecule has 0 radical (unpaired) electrons. The van der Waals surface area contributed by atoms with Crippen LogP contribution >= 0.6 is 39.0 Å². The van der Waals surface area contributed by atoms with E-state index in [-0.39, 0.29) is 0 Å². The quantitative estimate of drug-likeness (QED) is 0.516. The minimum Gasteiger partial charge on any atom is -0.370 e. The summed E-state index contributed by atoms with van der Waals surface area (Å²) in [6, 6.07) is 6.21. The van der Waals surface area contributed by atoms with E-state index in [4.69, 9.17) is 0 Å². The molecule has 0 aliphatic carbocycles. The summed E-state index contributed by atoms with van der Waals surface area (Å²) in [5.74, 6) is 1.76. The molecule has 114 valence electrons. The minimum atomic E-state index is 0.789. The molecule has 0 atom stereocenters. The number of nitrogens with one attached hydrogen (secondary N) is 2. The summed E-state index contributed by atoms with van der Waals surface area (Å²) in [6.45, 7) is 3.93. The highest BCUT2D eigenvalue weighted by atomic mass is 79.9. The largest absolute Gasteiger partial charge is 0.370 e. The smallest absolute Gasteiger partial charge is 0.191 e. The first-order valence-electron chi connectivity index (χ1n) is 6.86. The van der Waals surface area contributed by atoms with Gasteiger partial charge in [0.2, 0.25) is 0 Å². The van der Waals surface area contributed by atoms with Crippen LogP contribution in [0.25, 0.3) is 0 Å². The van der Waals surface area contributed by atoms with Gasteiger partial charge < -0.3 is 10.6 Å². The Morgan fingerprint density at radius 2 is 1.90 bits per heavy atom. The third-order valence-corrected chi connectivity index (χ3v) is 4.98. The Hall–Kier alpha value is -0.790. The molecule has 0 unspecified atom stereocenters. The summed E-state index contributed by atoms with van der Waals surface area (Å²) >= 11 is 6.82. The van der Waals surface area contributed by atoms with Crippen LogP contribution in [-0.4, -0.2) is 29.3 Å². The summed E-state index contributed by atoms with van der Waals surface area (Å²) in [7, 11) is 0. The molecule has 0 fully saturated rings. The van der Waals surface area contributed by atoms with Crippen LogP contribution in [0.2, 0.25) is 0 Å². The van der Waals surface area contributed by atoms with Gasteiger partial charge in [-0.2, -0.15) is 0 Å². The lowest BCUT2D eigenvalue weighted by atomic mass is 10.3. The Labute approximate surface area is 142 Å². The van der Waals surface area contributed by atoms with Crippen molar-refractivity contribution in [3.63, 3.8) is 0 Å². The molecular formula is C14H19BrN4S2. The first kappa shape index (κ1) is 16.6. The highest BCUT2D eigenvalue weighted by molar-refractivity contribution is 9.11. The summed E-state index contributed by atoms with van der Waals surface area (Å²) in [5.41, 5.74) is 0. The van der Waals surface area contributed by atoms with Crippen molar-refractivity contribution in [3.8, 4) is 0 Å². The third-order valence-electron chi connectivity index (χ3n) is 2.75. The summed E-state index contributed by atoms with van der Waals surface area (Å²) in [4.78, 5) is 10.3. The van der Waals surface area contributed by atoms with Crippen molar-refractivity contribution in [1.29, 1.82) is 0 Å². The van der Waals surface area contributed by atoms with E-state index in [2.05, 4.69) is 55.6 Å². The van der Waals surface area contributed by atoms with Crippen molar-refractivity contribution in [2.75, 3.05) is 30.0 Å². The highest BCUT2D eigenvalue weighted by Gasteiger charge is 2.04. The first-order valence-corrected chi connectivity index (χ1v) is 9.69. The van der Waals surface area contributed by atoms with Crippen LogP contribution in [-0.2, 0) is 6.42 Å². The van der Waals surface area contributed by atoms with E-state index in [0.717, 1.165) is 42.7 Å². The first-order chi connectivity index (χ1) is 10.2. The molecule has 2 heterocycles. The van der Waals surface area contributed by atoms with Gasteiger partial charge in [-0.1, -0.05) is 18.7 Å². The summed E-state index contributed by atoms with van der Waals surface area (Å²) in [5, 5.41) is 7.48. The number of thioether (sulfide) groups is 1. The van der Waals surface area contributed by atoms with Gasteiger partial charge in [-0.25, -0.2) is 9.97 Å². The van der Waals surface area contributed by atoms with Crippen molar-refractivity contribution in [2.45, 2.75) is 24.9 Å². The summed E-state index contributed by atoms with van der Waals surface area (Å²) in [6.07, 6.45) is 4.06. The van der Waals surface area contributed by atoms with E-state index in [9.17, 15) is 0 Å². The number of anilines is 2. The molecule has 0 saturated heterocycles. The Balaban J connectivity index is 1.94. The standard InChI is InChI=1S/C14H19BrN4S2/c1-3-7-16-12-9-13(19-14(18-12)20-2)17-8-6-10-4-5-11(15)21-10/h4-5,9H,3,6-8H2,1-2H3,(H2,16,17,18,19). The molecule has 0 bridgehead atoms. The van der Waals surface area contributed by atoms with E-state index in [0.29, 0.717) is 0 Å². The molecule has 0 spiro atoms. The molecule has 0 aliphatic heterocycles. The maximum absolute atomic E-state index is 4.49. The lowest BCUT2D eigenvalue weighted by Gasteiger charge is -2.09. The monoisotopic (exact) mass is 386 g/mol. The zero-order chi connectivity index (χ0) is 15.1. The van der Waals surface area contributed by atoms with Gasteiger partial charge in [0.25, 0.3) is 0 Å². The minimum absolute atomic E-state index is 0.789. The van der Waals surface area contributed by atoms with E-state index in [1.807, 2.05) is 12.3 Å². The fourth-order valence-electron chi connectivity index (χ4n) is 1.75. The normalized spacial score (nSPS) is 10.6. The Morgan fingerprint density at radius 3 is 2.48 bits per heavy atom. The maximum Gasteiger partial charge on any atom is 0.191 e. The molecule has 0 aliphatic rings. The van der Waals surface area contributed by atoms with E-state index < -0.39 is 0 Å². The van der Waals surface area contributed by atoms with Gasteiger partial charge in [0.05, 0.1) is 3.79 Å². The van der Waals surface area contributed by atoms with Gasteiger partial charge in [-0.3, -0.25) is 0 Å². The van der Waals surface area contributed by atoms with Crippen LogP contribution < -0.4 is 10.6 Å². The zero-order valence-electron chi connectivity index (χ0n) is 12.1. The fraction of sp³-hybridized carbons (Fsp3) is 0.429. The maximum atomic E-state index is 4.49. The van der Waals surface area contributed by atoms with Crippen molar-refractivity contribution in [1.82, 2.24) is 9.97 Å². The molecule has 4 nitrogen and oxygen atoms in total. The van der Waals surface area contributed by atoms with Crippen LogP contribution in [0.4, 0.5) is 11.6 Å². The van der Waals surface area contributed by atoms with Crippen LogP contribution in [0, 0.1) is 0 Å². The molecule has 2 N–H and O–H groups in total. The topological polar surface area (TPSA) is 49.8 Å². The SMILES string of the molecule is CCCNc1cc(NCCc2ccc(Br)s2)nc(SC)n1. The number of nitrogens with zero attached hydrogens (tertiary/aromatic N) is 2. The zero-order valence-corrected chi connectivity index (χ0v) is 15.4. The summed E-state index contributed by atoms with van der Waals surface area (Å²) < 4.78 is 1.18. The molecule has 2 aromatic heterocycles. The molecule has 2 aromatic rings. The number of aromatic nitrogens is 2. The van der Waals surface area contributed by atoms with Crippen molar-refractivity contribution in [2.24, 2.45) is 0 Å². The average molecular weight is 387 g/mol. The van der Waals surface area contributed by atoms with E-state index in [1.54, 1.807) is 23.1 Å². The van der Waals surface area contributed by atoms with Gasteiger partial charge in [-0.15, -0.1) is 11.3 Å². The number of hydrogen-bond acceptors (Lipinski definition) is 6. The van der Waals surface area contributed by atoms with Gasteiger partial charge >= 0.3 is 0 Å². The van der Waals surface area contributed by atoms with Crippen molar-refractivity contribution >= 4 is 50.7 Å². The highest BCUT2D eigenvalue weighted by Crippen LogP contribution is 2.22. The van der Waals surface area contributed by atoms with Gasteiger partial charge in [0, 0.05) is 24.0 Å². The molecule has 0 amide bonds.